The van der Waals surface area contributed by atoms with Gasteiger partial charge in [-0.2, -0.15) is 5.10 Å². The van der Waals surface area contributed by atoms with Crippen LogP contribution in [-0.4, -0.2) is 44.1 Å². The molecule has 0 radical (unpaired) electrons. The van der Waals surface area contributed by atoms with Crippen LogP contribution in [0.25, 0.3) is 0 Å². The molecule has 1 aliphatic rings. The third kappa shape index (κ3) is 3.14. The van der Waals surface area contributed by atoms with Gasteiger partial charge in [0.2, 0.25) is 0 Å². The molecule has 1 unspecified atom stereocenters. The second kappa shape index (κ2) is 5.93. The van der Waals surface area contributed by atoms with Gasteiger partial charge in [-0.15, -0.1) is 5.10 Å². The highest BCUT2D eigenvalue weighted by Gasteiger charge is 2.23. The lowest BCUT2D eigenvalue weighted by molar-refractivity contribution is 0.161. The number of methoxy groups -OCH3 is 1. The average molecular weight is 236 g/mol. The lowest BCUT2D eigenvalue weighted by Crippen LogP contribution is -2.22. The van der Waals surface area contributed by atoms with Crippen LogP contribution in [-0.2, 0) is 11.3 Å². The van der Waals surface area contributed by atoms with Crippen molar-refractivity contribution >= 4 is 5.82 Å². The van der Waals surface area contributed by atoms with Gasteiger partial charge in [0.05, 0.1) is 12.3 Å². The van der Waals surface area contributed by atoms with Crippen LogP contribution in [0.4, 0.5) is 5.82 Å². The Morgan fingerprint density at radius 3 is 3.00 bits per heavy atom. The molecule has 94 valence electrons. The van der Waals surface area contributed by atoms with Crippen molar-refractivity contribution in [3.63, 3.8) is 0 Å². The first-order valence-corrected chi connectivity index (χ1v) is 6.04. The molecule has 2 rings (SSSR count). The molecular formula is C12H20N4O. The number of nitrogens with one attached hydrogen (secondary N) is 1. The summed E-state index contributed by atoms with van der Waals surface area (Å²) in [6.07, 6.45) is 1.17. The molecule has 0 saturated carbocycles. The number of aromatic nitrogens is 2. The summed E-state index contributed by atoms with van der Waals surface area (Å²) in [5.74, 6) is 1.60. The Hall–Kier alpha value is -1.20. The van der Waals surface area contributed by atoms with Crippen molar-refractivity contribution < 1.29 is 4.74 Å². The van der Waals surface area contributed by atoms with Crippen molar-refractivity contribution in [1.82, 2.24) is 15.5 Å². The molecule has 0 aliphatic carbocycles. The van der Waals surface area contributed by atoms with Gasteiger partial charge >= 0.3 is 0 Å². The van der Waals surface area contributed by atoms with Crippen LogP contribution in [0.5, 0.6) is 0 Å². The summed E-state index contributed by atoms with van der Waals surface area (Å²) in [5, 5.41) is 11.5. The van der Waals surface area contributed by atoms with E-state index in [4.69, 9.17) is 4.74 Å². The predicted octanol–water partition coefficient (Wildman–Crippen LogP) is 0.669. The Morgan fingerprint density at radius 1 is 1.47 bits per heavy atom. The van der Waals surface area contributed by atoms with Gasteiger partial charge in [0.1, 0.15) is 0 Å². The highest BCUT2D eigenvalue weighted by atomic mass is 16.5. The molecule has 1 aliphatic heterocycles. The number of hydrogen-bond acceptors (Lipinski definition) is 5. The van der Waals surface area contributed by atoms with E-state index in [2.05, 4.69) is 26.5 Å². The van der Waals surface area contributed by atoms with Crippen LogP contribution < -0.4 is 10.2 Å². The molecule has 1 aromatic heterocycles. The lowest BCUT2D eigenvalue weighted by Gasteiger charge is -2.16. The van der Waals surface area contributed by atoms with Gasteiger partial charge in [-0.1, -0.05) is 0 Å². The first kappa shape index (κ1) is 12.3. The van der Waals surface area contributed by atoms with Gasteiger partial charge in [-0.3, -0.25) is 0 Å². The van der Waals surface area contributed by atoms with Crippen LogP contribution in [0.15, 0.2) is 12.1 Å². The van der Waals surface area contributed by atoms with Gasteiger partial charge in [0, 0.05) is 32.7 Å². The molecule has 5 nitrogen and oxygen atoms in total. The second-order valence-corrected chi connectivity index (χ2v) is 4.47. The minimum atomic E-state index is 0.624. The molecule has 1 fully saturated rings. The SMILES string of the molecule is CNCc1ccc(N2CCC(COC)C2)nn1. The quantitative estimate of drug-likeness (QED) is 0.814. The minimum absolute atomic E-state index is 0.624. The van der Waals surface area contributed by atoms with Crippen molar-refractivity contribution in [3.8, 4) is 0 Å². The van der Waals surface area contributed by atoms with Gasteiger partial charge in [0.25, 0.3) is 0 Å². The molecule has 0 amide bonds. The summed E-state index contributed by atoms with van der Waals surface area (Å²) in [5.41, 5.74) is 0.976. The number of ether oxygens (including phenoxy) is 1. The van der Waals surface area contributed by atoms with Gasteiger partial charge in [-0.25, -0.2) is 0 Å². The lowest BCUT2D eigenvalue weighted by atomic mass is 10.1. The van der Waals surface area contributed by atoms with Crippen molar-refractivity contribution in [1.29, 1.82) is 0 Å². The summed E-state index contributed by atoms with van der Waals surface area (Å²) in [6, 6.07) is 4.08. The Bertz CT molecular complexity index is 341. The zero-order valence-corrected chi connectivity index (χ0v) is 10.5. The van der Waals surface area contributed by atoms with Gasteiger partial charge in [-0.05, 0) is 25.6 Å². The molecule has 0 spiro atoms. The summed E-state index contributed by atoms with van der Waals surface area (Å²) in [6.45, 7) is 3.67. The molecule has 1 N–H and O–H groups in total. The Kier molecular flexibility index (Phi) is 4.28. The Morgan fingerprint density at radius 2 is 2.35 bits per heavy atom. The monoisotopic (exact) mass is 236 g/mol. The van der Waals surface area contributed by atoms with E-state index in [0.717, 1.165) is 37.8 Å². The van der Waals surface area contributed by atoms with Crippen LogP contribution in [0.2, 0.25) is 0 Å². The van der Waals surface area contributed by atoms with Crippen molar-refractivity contribution in [2.45, 2.75) is 13.0 Å². The first-order chi connectivity index (χ1) is 8.33. The van der Waals surface area contributed by atoms with Gasteiger partial charge < -0.3 is 15.0 Å². The highest BCUT2D eigenvalue weighted by molar-refractivity contribution is 5.38. The fourth-order valence-electron chi connectivity index (χ4n) is 2.21. The van der Waals surface area contributed by atoms with E-state index in [0.29, 0.717) is 5.92 Å². The van der Waals surface area contributed by atoms with E-state index in [1.807, 2.05) is 13.1 Å². The molecule has 0 bridgehead atoms. The van der Waals surface area contributed by atoms with Crippen LogP contribution in [0, 0.1) is 5.92 Å². The van der Waals surface area contributed by atoms with Crippen LogP contribution >= 0.6 is 0 Å². The molecular weight excluding hydrogens is 216 g/mol. The second-order valence-electron chi connectivity index (χ2n) is 4.47. The molecule has 1 atom stereocenters. The van der Waals surface area contributed by atoms with E-state index >= 15 is 0 Å². The Balaban J connectivity index is 1.94. The van der Waals surface area contributed by atoms with Crippen LogP contribution in [0.1, 0.15) is 12.1 Å². The van der Waals surface area contributed by atoms with E-state index in [-0.39, 0.29) is 0 Å². The smallest absolute Gasteiger partial charge is 0.151 e. The normalized spacial score (nSPS) is 19.9. The van der Waals surface area contributed by atoms with Crippen molar-refractivity contribution in [3.05, 3.63) is 17.8 Å². The summed E-state index contributed by atoms with van der Waals surface area (Å²) >= 11 is 0. The molecule has 1 aromatic rings. The molecule has 2 heterocycles. The fraction of sp³-hybridized carbons (Fsp3) is 0.667. The summed E-state index contributed by atoms with van der Waals surface area (Å²) in [7, 11) is 3.67. The van der Waals surface area contributed by atoms with E-state index in [1.54, 1.807) is 7.11 Å². The van der Waals surface area contributed by atoms with Crippen molar-refractivity contribution in [2.75, 3.05) is 38.8 Å². The van der Waals surface area contributed by atoms with E-state index in [1.165, 1.54) is 6.42 Å². The molecule has 0 aromatic carbocycles. The molecule has 5 heteroatoms. The summed E-state index contributed by atoms with van der Waals surface area (Å²) in [4.78, 5) is 2.28. The first-order valence-electron chi connectivity index (χ1n) is 6.04. The largest absolute Gasteiger partial charge is 0.384 e. The maximum atomic E-state index is 5.19. The third-order valence-electron chi connectivity index (χ3n) is 3.08. The standard InChI is InChI=1S/C12H20N4O/c1-13-7-11-3-4-12(15-14-11)16-6-5-10(8-16)9-17-2/h3-4,10,13H,5-9H2,1-2H3. The zero-order chi connectivity index (χ0) is 12.1. The number of hydrogen-bond donors (Lipinski definition) is 1. The predicted molar refractivity (Wildman–Crippen MR) is 67.0 cm³/mol. The van der Waals surface area contributed by atoms with E-state index < -0.39 is 0 Å². The Labute approximate surface area is 102 Å². The maximum Gasteiger partial charge on any atom is 0.151 e. The zero-order valence-electron chi connectivity index (χ0n) is 10.5. The molecule has 1 saturated heterocycles. The average Bonchev–Trinajstić information content (AvgIpc) is 2.80. The van der Waals surface area contributed by atoms with E-state index in [9.17, 15) is 0 Å². The highest BCUT2D eigenvalue weighted by Crippen LogP contribution is 2.21. The summed E-state index contributed by atoms with van der Waals surface area (Å²) < 4.78 is 5.19. The topological polar surface area (TPSA) is 50.3 Å². The number of nitrogens with zero attached hydrogens (tertiary/aromatic N) is 3. The van der Waals surface area contributed by atoms with Crippen molar-refractivity contribution in [2.24, 2.45) is 5.92 Å². The third-order valence-corrected chi connectivity index (χ3v) is 3.08. The van der Waals surface area contributed by atoms with Gasteiger partial charge in [0.15, 0.2) is 5.82 Å². The minimum Gasteiger partial charge on any atom is -0.384 e. The number of anilines is 1. The van der Waals surface area contributed by atoms with Crippen LogP contribution in [0.3, 0.4) is 0 Å². The number of rotatable bonds is 5. The fourth-order valence-corrected chi connectivity index (χ4v) is 2.21. The maximum absolute atomic E-state index is 5.19. The molecule has 17 heavy (non-hydrogen) atoms.